The average molecular weight is 128 g/mol. The predicted octanol–water partition coefficient (Wildman–Crippen LogP) is 1.37. The molecule has 0 amide bonds. The third-order valence-electron chi connectivity index (χ3n) is 0.451. The Hall–Kier alpha value is -0.520. The minimum atomic E-state index is -0.267. The Bertz CT molecular complexity index is 105. The van der Waals surface area contributed by atoms with Gasteiger partial charge in [-0.25, -0.2) is 9.78 Å². The van der Waals surface area contributed by atoms with Gasteiger partial charge in [-0.1, -0.05) is 5.92 Å². The van der Waals surface area contributed by atoms with E-state index in [0.29, 0.717) is 0 Å². The van der Waals surface area contributed by atoms with Crippen molar-refractivity contribution in [1.82, 2.24) is 0 Å². The maximum Gasteiger partial charge on any atom is 0.142 e. The smallest absolute Gasteiger partial charge is 0.142 e. The molecule has 2 nitrogen and oxygen atoms in total. The van der Waals surface area contributed by atoms with Crippen LogP contribution in [0.3, 0.4) is 0 Å². The van der Waals surface area contributed by atoms with Crippen molar-refractivity contribution in [3.63, 3.8) is 0 Å². The summed E-state index contributed by atoms with van der Waals surface area (Å²) in [6, 6.07) is 0. The van der Waals surface area contributed by atoms with Crippen LogP contribution in [0.4, 0.5) is 0 Å². The van der Waals surface area contributed by atoms with Gasteiger partial charge in [0.2, 0.25) is 0 Å². The maximum atomic E-state index is 4.90. The van der Waals surface area contributed by atoms with Crippen LogP contribution in [0, 0.1) is 12.3 Å². The highest BCUT2D eigenvalue weighted by Crippen LogP contribution is 2.05. The van der Waals surface area contributed by atoms with E-state index in [0.717, 1.165) is 0 Å². The van der Waals surface area contributed by atoms with Crippen LogP contribution in [0.25, 0.3) is 0 Å². The second kappa shape index (κ2) is 3.49. The fraction of sp³-hybridized carbons (Fsp3) is 0.714. The van der Waals surface area contributed by atoms with Crippen LogP contribution >= 0.6 is 0 Å². The van der Waals surface area contributed by atoms with Crippen molar-refractivity contribution in [2.45, 2.75) is 26.4 Å². The second-order valence-corrected chi connectivity index (χ2v) is 2.66. The summed E-state index contributed by atoms with van der Waals surface area (Å²) < 4.78 is 0. The fourth-order valence-electron chi connectivity index (χ4n) is 0.240. The lowest BCUT2D eigenvalue weighted by Gasteiger charge is -2.15. The van der Waals surface area contributed by atoms with E-state index in [4.69, 9.17) is 11.3 Å². The first-order valence-corrected chi connectivity index (χ1v) is 2.80. The Morgan fingerprint density at radius 2 is 2.00 bits per heavy atom. The molecule has 0 unspecified atom stereocenters. The summed E-state index contributed by atoms with van der Waals surface area (Å²) in [5, 5.41) is 0. The van der Waals surface area contributed by atoms with Gasteiger partial charge < -0.3 is 0 Å². The fourth-order valence-corrected chi connectivity index (χ4v) is 0.240. The quantitative estimate of drug-likeness (QED) is 0.242. The van der Waals surface area contributed by atoms with Crippen LogP contribution in [0.5, 0.6) is 0 Å². The van der Waals surface area contributed by atoms with Gasteiger partial charge in [-0.15, -0.1) is 6.42 Å². The molecule has 0 aromatic carbocycles. The zero-order valence-electron chi connectivity index (χ0n) is 6.10. The van der Waals surface area contributed by atoms with Gasteiger partial charge in [0, 0.05) is 0 Å². The number of terminal acetylenes is 1. The summed E-state index contributed by atoms with van der Waals surface area (Å²) in [7, 11) is 0. The van der Waals surface area contributed by atoms with E-state index < -0.39 is 0 Å². The van der Waals surface area contributed by atoms with Gasteiger partial charge in [0.05, 0.1) is 5.60 Å². The standard InChI is InChI=1S/C7H12O2/c1-5-6-8-9-7(2,3)4/h1H,6H2,2-4H3. The lowest BCUT2D eigenvalue weighted by molar-refractivity contribution is -0.340. The maximum absolute atomic E-state index is 4.90. The molecule has 0 aliphatic rings. The van der Waals surface area contributed by atoms with Gasteiger partial charge in [0.1, 0.15) is 6.61 Å². The zero-order valence-corrected chi connectivity index (χ0v) is 6.10. The molecule has 0 saturated carbocycles. The molecule has 0 N–H and O–H groups in total. The van der Waals surface area contributed by atoms with Gasteiger partial charge in [-0.2, -0.15) is 0 Å². The van der Waals surface area contributed by atoms with E-state index in [1.807, 2.05) is 20.8 Å². The number of hydrogen-bond acceptors (Lipinski definition) is 2. The summed E-state index contributed by atoms with van der Waals surface area (Å²) in [5.41, 5.74) is -0.267. The molecular formula is C7H12O2. The Labute approximate surface area is 56.1 Å². The molecule has 0 aromatic rings. The summed E-state index contributed by atoms with van der Waals surface area (Å²) in [4.78, 5) is 9.44. The minimum absolute atomic E-state index is 0.206. The van der Waals surface area contributed by atoms with Crippen molar-refractivity contribution in [3.8, 4) is 12.3 Å². The van der Waals surface area contributed by atoms with Crippen molar-refractivity contribution in [1.29, 1.82) is 0 Å². The molecule has 0 atom stereocenters. The normalized spacial score (nSPS) is 10.9. The topological polar surface area (TPSA) is 18.5 Å². The highest BCUT2D eigenvalue weighted by molar-refractivity contribution is 4.82. The van der Waals surface area contributed by atoms with Gasteiger partial charge in [-0.3, -0.25) is 0 Å². The molecule has 0 aliphatic carbocycles. The summed E-state index contributed by atoms with van der Waals surface area (Å²) in [6.07, 6.45) is 4.90. The molecule has 0 rings (SSSR count). The monoisotopic (exact) mass is 128 g/mol. The van der Waals surface area contributed by atoms with Crippen LogP contribution in [-0.4, -0.2) is 12.2 Å². The molecule has 9 heavy (non-hydrogen) atoms. The third-order valence-corrected chi connectivity index (χ3v) is 0.451. The van der Waals surface area contributed by atoms with E-state index >= 15 is 0 Å². The highest BCUT2D eigenvalue weighted by Gasteiger charge is 2.10. The molecule has 0 saturated heterocycles. The Balaban J connectivity index is 3.20. The Kier molecular flexibility index (Phi) is 3.29. The first kappa shape index (κ1) is 8.48. The minimum Gasteiger partial charge on any atom is -0.230 e. The molecule has 0 fully saturated rings. The Morgan fingerprint density at radius 1 is 1.44 bits per heavy atom. The van der Waals surface area contributed by atoms with E-state index in [1.54, 1.807) is 0 Å². The molecule has 52 valence electrons. The SMILES string of the molecule is C#CCOOC(C)(C)C. The van der Waals surface area contributed by atoms with Gasteiger partial charge in [-0.05, 0) is 20.8 Å². The molecule has 0 spiro atoms. The molecule has 0 aliphatic heterocycles. The Morgan fingerprint density at radius 3 is 2.33 bits per heavy atom. The molecule has 0 aromatic heterocycles. The lowest BCUT2D eigenvalue weighted by atomic mass is 10.2. The van der Waals surface area contributed by atoms with Crippen molar-refractivity contribution in [3.05, 3.63) is 0 Å². The van der Waals surface area contributed by atoms with Crippen molar-refractivity contribution in [2.75, 3.05) is 6.61 Å². The average Bonchev–Trinajstić information content (AvgIpc) is 1.63. The molecule has 0 radical (unpaired) electrons. The largest absolute Gasteiger partial charge is 0.230 e. The second-order valence-electron chi connectivity index (χ2n) is 2.66. The van der Waals surface area contributed by atoms with Crippen LogP contribution in [0.2, 0.25) is 0 Å². The van der Waals surface area contributed by atoms with Crippen LogP contribution < -0.4 is 0 Å². The number of rotatable bonds is 2. The van der Waals surface area contributed by atoms with E-state index in [2.05, 4.69) is 10.8 Å². The molecule has 0 bridgehead atoms. The predicted molar refractivity (Wildman–Crippen MR) is 35.6 cm³/mol. The van der Waals surface area contributed by atoms with E-state index in [9.17, 15) is 0 Å². The summed E-state index contributed by atoms with van der Waals surface area (Å²) in [5.74, 6) is 2.29. The van der Waals surface area contributed by atoms with E-state index in [1.165, 1.54) is 0 Å². The first-order chi connectivity index (χ1) is 4.06. The molecular weight excluding hydrogens is 116 g/mol. The van der Waals surface area contributed by atoms with Gasteiger partial charge in [0.25, 0.3) is 0 Å². The van der Waals surface area contributed by atoms with Gasteiger partial charge >= 0.3 is 0 Å². The molecule has 0 heterocycles. The van der Waals surface area contributed by atoms with E-state index in [-0.39, 0.29) is 12.2 Å². The number of hydrogen-bond donors (Lipinski definition) is 0. The van der Waals surface area contributed by atoms with Crippen molar-refractivity contribution >= 4 is 0 Å². The van der Waals surface area contributed by atoms with Crippen LogP contribution in [0.15, 0.2) is 0 Å². The zero-order chi connectivity index (χ0) is 7.33. The van der Waals surface area contributed by atoms with Crippen LogP contribution in [0.1, 0.15) is 20.8 Å². The van der Waals surface area contributed by atoms with Gasteiger partial charge in [0.15, 0.2) is 0 Å². The lowest BCUT2D eigenvalue weighted by Crippen LogP contribution is -2.19. The highest BCUT2D eigenvalue weighted by atomic mass is 17.2. The van der Waals surface area contributed by atoms with Crippen molar-refractivity contribution in [2.24, 2.45) is 0 Å². The third kappa shape index (κ3) is 7.48. The first-order valence-electron chi connectivity index (χ1n) is 2.80. The molecule has 2 heteroatoms. The van der Waals surface area contributed by atoms with Crippen LogP contribution in [-0.2, 0) is 9.78 Å². The van der Waals surface area contributed by atoms with Crippen molar-refractivity contribution < 1.29 is 9.78 Å². The summed E-state index contributed by atoms with van der Waals surface area (Å²) >= 11 is 0. The summed E-state index contributed by atoms with van der Waals surface area (Å²) in [6.45, 7) is 5.88.